The number of aryl methyl sites for hydroxylation is 1. The zero-order valence-corrected chi connectivity index (χ0v) is 13.5. The van der Waals surface area contributed by atoms with Crippen LogP contribution in [-0.2, 0) is 6.54 Å². The van der Waals surface area contributed by atoms with Crippen molar-refractivity contribution in [1.82, 2.24) is 9.88 Å². The molecule has 0 fully saturated rings. The van der Waals surface area contributed by atoms with Gasteiger partial charge in [-0.15, -0.1) is 0 Å². The van der Waals surface area contributed by atoms with Crippen LogP contribution in [0, 0.1) is 0 Å². The molecule has 0 aliphatic carbocycles. The summed E-state index contributed by atoms with van der Waals surface area (Å²) in [6, 6.07) is 1.75. The molecule has 4 nitrogen and oxygen atoms in total. The van der Waals surface area contributed by atoms with Gasteiger partial charge in [0.25, 0.3) is 5.91 Å². The van der Waals surface area contributed by atoms with E-state index in [-0.39, 0.29) is 5.91 Å². The van der Waals surface area contributed by atoms with Crippen LogP contribution in [0.3, 0.4) is 0 Å². The number of nitrogen functional groups attached to an aromatic ring is 1. The molecule has 5 heteroatoms. The van der Waals surface area contributed by atoms with E-state index in [0.29, 0.717) is 11.4 Å². The molecule has 3 N–H and O–H groups in total. The first-order chi connectivity index (χ1) is 9.69. The Labute approximate surface area is 126 Å². The molecule has 0 unspecified atom stereocenters. The first-order valence-corrected chi connectivity index (χ1v) is 8.81. The molecule has 114 valence electrons. The second-order valence-electron chi connectivity index (χ2n) is 5.01. The molecule has 0 radical (unpaired) electrons. The van der Waals surface area contributed by atoms with Crippen LogP contribution in [0.4, 0.5) is 5.69 Å². The van der Waals surface area contributed by atoms with Crippen molar-refractivity contribution >= 4 is 23.4 Å². The summed E-state index contributed by atoms with van der Waals surface area (Å²) in [5, 5.41) is 2.98. The fourth-order valence-electron chi connectivity index (χ4n) is 2.17. The smallest absolute Gasteiger partial charge is 0.267 e. The number of nitrogens with one attached hydrogen (secondary N) is 1. The van der Waals surface area contributed by atoms with E-state index in [0.717, 1.165) is 25.9 Å². The third-order valence-electron chi connectivity index (χ3n) is 3.18. The monoisotopic (exact) mass is 297 g/mol. The predicted molar refractivity (Wildman–Crippen MR) is 88.3 cm³/mol. The first kappa shape index (κ1) is 17.0. The van der Waals surface area contributed by atoms with E-state index in [4.69, 9.17) is 5.73 Å². The van der Waals surface area contributed by atoms with Crippen molar-refractivity contribution in [2.24, 2.45) is 0 Å². The number of carbonyl (C=O) groups excluding carboxylic acids is 1. The Bertz CT molecular complexity index is 404. The Morgan fingerprint density at radius 1 is 1.35 bits per heavy atom. The molecule has 0 spiro atoms. The highest BCUT2D eigenvalue weighted by Crippen LogP contribution is 2.11. The van der Waals surface area contributed by atoms with Crippen molar-refractivity contribution in [2.75, 3.05) is 24.3 Å². The number of carbonyl (C=O) groups is 1. The van der Waals surface area contributed by atoms with Crippen LogP contribution in [0.25, 0.3) is 0 Å². The number of rotatable bonds is 10. The highest BCUT2D eigenvalue weighted by Gasteiger charge is 2.11. The molecule has 0 bridgehead atoms. The number of hydrogen-bond donors (Lipinski definition) is 2. The van der Waals surface area contributed by atoms with Crippen LogP contribution in [0.5, 0.6) is 0 Å². The molecule has 0 saturated carbocycles. The SMILES string of the molecule is CCCn1cc(N)cc1C(=O)NCCCCCCSC. The highest BCUT2D eigenvalue weighted by molar-refractivity contribution is 7.98. The Morgan fingerprint density at radius 3 is 2.80 bits per heavy atom. The zero-order valence-electron chi connectivity index (χ0n) is 12.7. The van der Waals surface area contributed by atoms with Crippen LogP contribution in [0.1, 0.15) is 49.5 Å². The van der Waals surface area contributed by atoms with Gasteiger partial charge in [0.05, 0.1) is 5.69 Å². The largest absolute Gasteiger partial charge is 0.397 e. The summed E-state index contributed by atoms with van der Waals surface area (Å²) in [6.45, 7) is 3.66. The summed E-state index contributed by atoms with van der Waals surface area (Å²) in [4.78, 5) is 12.1. The third-order valence-corrected chi connectivity index (χ3v) is 3.87. The van der Waals surface area contributed by atoms with Crippen LogP contribution in [0.15, 0.2) is 12.3 Å². The molecule has 1 amide bonds. The van der Waals surface area contributed by atoms with Gasteiger partial charge >= 0.3 is 0 Å². The lowest BCUT2D eigenvalue weighted by Crippen LogP contribution is -2.26. The van der Waals surface area contributed by atoms with E-state index in [9.17, 15) is 4.79 Å². The molecule has 1 heterocycles. The summed E-state index contributed by atoms with van der Waals surface area (Å²) >= 11 is 1.89. The van der Waals surface area contributed by atoms with Gasteiger partial charge < -0.3 is 15.6 Å². The van der Waals surface area contributed by atoms with Crippen LogP contribution in [0.2, 0.25) is 0 Å². The standard InChI is InChI=1S/C15H27N3OS/c1-3-9-18-12-13(16)11-14(18)15(19)17-8-6-4-5-7-10-20-2/h11-12H,3-10,16H2,1-2H3,(H,17,19). The van der Waals surface area contributed by atoms with E-state index in [1.807, 2.05) is 22.5 Å². The molecular weight excluding hydrogens is 270 g/mol. The first-order valence-electron chi connectivity index (χ1n) is 7.41. The Kier molecular flexibility index (Phi) is 8.26. The van der Waals surface area contributed by atoms with Gasteiger partial charge in [-0.3, -0.25) is 4.79 Å². The fourth-order valence-corrected chi connectivity index (χ4v) is 2.66. The second kappa shape index (κ2) is 9.75. The Balaban J connectivity index is 2.28. The lowest BCUT2D eigenvalue weighted by Gasteiger charge is -2.08. The number of unbranched alkanes of at least 4 members (excludes halogenated alkanes) is 3. The summed E-state index contributed by atoms with van der Waals surface area (Å²) in [6.07, 6.45) is 9.70. The van der Waals surface area contributed by atoms with Crippen molar-refractivity contribution in [2.45, 2.75) is 45.6 Å². The molecule has 0 saturated heterocycles. The quantitative estimate of drug-likeness (QED) is 0.652. The van der Waals surface area contributed by atoms with Gasteiger partial charge in [-0.25, -0.2) is 0 Å². The van der Waals surface area contributed by atoms with Gasteiger partial charge in [-0.2, -0.15) is 11.8 Å². The van der Waals surface area contributed by atoms with Crippen molar-refractivity contribution in [3.05, 3.63) is 18.0 Å². The maximum atomic E-state index is 12.1. The van der Waals surface area contributed by atoms with Gasteiger partial charge in [-0.05, 0) is 37.3 Å². The number of aromatic nitrogens is 1. The number of nitrogens with two attached hydrogens (primary N) is 1. The Morgan fingerprint density at radius 2 is 2.10 bits per heavy atom. The van der Waals surface area contributed by atoms with Crippen molar-refractivity contribution in [1.29, 1.82) is 0 Å². The average molecular weight is 297 g/mol. The van der Waals surface area contributed by atoms with Gasteiger partial charge in [-0.1, -0.05) is 19.8 Å². The minimum atomic E-state index is -0.0146. The second-order valence-corrected chi connectivity index (χ2v) is 6.00. The van der Waals surface area contributed by atoms with E-state index >= 15 is 0 Å². The van der Waals surface area contributed by atoms with Gasteiger partial charge in [0.15, 0.2) is 0 Å². The summed E-state index contributed by atoms with van der Waals surface area (Å²) < 4.78 is 1.93. The molecule has 1 rings (SSSR count). The molecule has 20 heavy (non-hydrogen) atoms. The highest BCUT2D eigenvalue weighted by atomic mass is 32.2. The predicted octanol–water partition coefficient (Wildman–Crippen LogP) is 3.13. The zero-order chi connectivity index (χ0) is 14.8. The van der Waals surface area contributed by atoms with Crippen molar-refractivity contribution in [3.8, 4) is 0 Å². The van der Waals surface area contributed by atoms with Crippen molar-refractivity contribution < 1.29 is 4.79 Å². The van der Waals surface area contributed by atoms with E-state index < -0.39 is 0 Å². The third kappa shape index (κ3) is 5.90. The van der Waals surface area contributed by atoms with Crippen LogP contribution < -0.4 is 11.1 Å². The lowest BCUT2D eigenvalue weighted by molar-refractivity contribution is 0.0943. The molecule has 0 aromatic carbocycles. The van der Waals surface area contributed by atoms with Gasteiger partial charge in [0.2, 0.25) is 0 Å². The number of hydrogen-bond acceptors (Lipinski definition) is 3. The maximum absolute atomic E-state index is 12.1. The fraction of sp³-hybridized carbons (Fsp3) is 0.667. The van der Waals surface area contributed by atoms with Gasteiger partial charge in [0, 0.05) is 19.3 Å². The summed E-state index contributed by atoms with van der Waals surface area (Å²) in [5.74, 6) is 1.22. The number of anilines is 1. The summed E-state index contributed by atoms with van der Waals surface area (Å²) in [5.41, 5.74) is 7.09. The van der Waals surface area contributed by atoms with E-state index in [1.54, 1.807) is 6.07 Å². The van der Waals surface area contributed by atoms with Crippen LogP contribution >= 0.6 is 11.8 Å². The molecule has 0 atom stereocenters. The normalized spacial score (nSPS) is 10.7. The van der Waals surface area contributed by atoms with Crippen molar-refractivity contribution in [3.63, 3.8) is 0 Å². The average Bonchev–Trinajstić information content (AvgIpc) is 2.79. The molecule has 0 aliphatic rings. The molecular formula is C15H27N3OS. The van der Waals surface area contributed by atoms with Gasteiger partial charge in [0.1, 0.15) is 5.69 Å². The molecule has 1 aromatic rings. The lowest BCUT2D eigenvalue weighted by atomic mass is 10.2. The Hall–Kier alpha value is -1.10. The van der Waals surface area contributed by atoms with Crippen LogP contribution in [-0.4, -0.2) is 29.0 Å². The minimum absolute atomic E-state index is 0.0146. The number of thioether (sulfide) groups is 1. The summed E-state index contributed by atoms with van der Waals surface area (Å²) in [7, 11) is 0. The topological polar surface area (TPSA) is 60.0 Å². The minimum Gasteiger partial charge on any atom is -0.397 e. The molecule has 0 aliphatic heterocycles. The van der Waals surface area contributed by atoms with E-state index in [2.05, 4.69) is 18.5 Å². The molecule has 1 aromatic heterocycles. The van der Waals surface area contributed by atoms with E-state index in [1.165, 1.54) is 25.0 Å². The maximum Gasteiger partial charge on any atom is 0.267 e. The number of amides is 1. The number of nitrogens with zero attached hydrogens (tertiary/aromatic N) is 1.